The summed E-state index contributed by atoms with van der Waals surface area (Å²) in [5, 5.41) is 4.42. The molecular weight excluding hydrogens is 583 g/mol. The Morgan fingerprint density at radius 2 is 0.935 bits per heavy atom. The van der Waals surface area contributed by atoms with Crippen molar-refractivity contribution >= 4 is 34.7 Å². The van der Waals surface area contributed by atoms with E-state index in [2.05, 4.69) is 96.0 Å². The molecule has 1 aliphatic carbocycles. The second-order valence-corrected chi connectivity index (χ2v) is 16.0. The fraction of sp³-hybridized carbons (Fsp3) is 0.293. The first-order chi connectivity index (χ1) is 22.6. The van der Waals surface area contributed by atoms with E-state index in [0.29, 0.717) is 22.5 Å². The van der Waals surface area contributed by atoms with Crippen LogP contribution in [0.1, 0.15) is 95.7 Å². The van der Waals surface area contributed by atoms with Crippen LogP contribution in [0.25, 0.3) is 0 Å². The number of aryl methyl sites for hydroxylation is 1. The fourth-order valence-corrected chi connectivity index (χ4v) is 11.5. The van der Waals surface area contributed by atoms with Crippen molar-refractivity contribution in [2.45, 2.75) is 71.3 Å². The lowest BCUT2D eigenvalue weighted by molar-refractivity contribution is 0.0970. The molecule has 5 aromatic rings. The SMILES string of the molecule is Cc1nc2c(n1CCCCCCCCCCC[P+](c1ccccc1)(c1ccccc1)c1ccccc1)C(=O)c1ccccc1C2=O. The molecule has 6 rings (SSSR count). The molecule has 4 aromatic carbocycles. The van der Waals surface area contributed by atoms with Gasteiger partial charge in [-0.05, 0) is 62.6 Å². The normalized spacial score (nSPS) is 12.6. The predicted molar refractivity (Wildman–Crippen MR) is 192 cm³/mol. The number of hydrogen-bond acceptors (Lipinski definition) is 3. The van der Waals surface area contributed by atoms with Crippen molar-refractivity contribution in [2.24, 2.45) is 0 Å². The standard InChI is InChI=1S/C41H44N2O2P/c1-32-42-38-39(41(45)37-29-19-18-28-36(37)40(38)44)43(32)30-20-7-5-3-2-4-6-8-21-31-46(33-22-12-9-13-23-33,34-24-14-10-15-25-34)35-26-16-11-17-27-35/h9-19,22-29H,2-8,20-21,30-31H2,1H3/q+1. The minimum atomic E-state index is -1.73. The molecule has 234 valence electrons. The Morgan fingerprint density at radius 3 is 1.43 bits per heavy atom. The molecule has 1 aliphatic rings. The largest absolute Gasteiger partial charge is 0.325 e. The zero-order valence-electron chi connectivity index (χ0n) is 26.9. The van der Waals surface area contributed by atoms with Crippen molar-refractivity contribution in [1.29, 1.82) is 0 Å². The van der Waals surface area contributed by atoms with Gasteiger partial charge in [-0.3, -0.25) is 9.59 Å². The molecule has 0 aliphatic heterocycles. The van der Waals surface area contributed by atoms with Crippen LogP contribution in [0, 0.1) is 6.92 Å². The molecule has 0 radical (unpaired) electrons. The lowest BCUT2D eigenvalue weighted by Gasteiger charge is -2.27. The van der Waals surface area contributed by atoms with E-state index < -0.39 is 7.26 Å². The molecule has 0 unspecified atom stereocenters. The average Bonchev–Trinajstić information content (AvgIpc) is 3.45. The molecule has 0 saturated heterocycles. The Morgan fingerprint density at radius 1 is 0.522 bits per heavy atom. The number of benzene rings is 4. The molecule has 0 spiro atoms. The molecule has 0 amide bonds. The van der Waals surface area contributed by atoms with Crippen LogP contribution in [0.2, 0.25) is 0 Å². The van der Waals surface area contributed by atoms with E-state index in [1.165, 1.54) is 67.0 Å². The fourth-order valence-electron chi connectivity index (χ4n) is 7.10. The average molecular weight is 628 g/mol. The summed E-state index contributed by atoms with van der Waals surface area (Å²) in [5.74, 6) is 0.527. The van der Waals surface area contributed by atoms with Crippen molar-refractivity contribution in [3.05, 3.63) is 144 Å². The summed E-state index contributed by atoms with van der Waals surface area (Å²) in [4.78, 5) is 30.7. The summed E-state index contributed by atoms with van der Waals surface area (Å²) in [6.45, 7) is 2.62. The van der Waals surface area contributed by atoms with Gasteiger partial charge in [0.25, 0.3) is 0 Å². The zero-order valence-corrected chi connectivity index (χ0v) is 27.8. The Kier molecular flexibility index (Phi) is 10.4. The van der Waals surface area contributed by atoms with Crippen LogP contribution in [0.15, 0.2) is 115 Å². The van der Waals surface area contributed by atoms with Gasteiger partial charge in [-0.1, -0.05) is 117 Å². The van der Waals surface area contributed by atoms with Crippen LogP contribution >= 0.6 is 7.26 Å². The first-order valence-electron chi connectivity index (χ1n) is 16.9. The molecule has 0 N–H and O–H groups in total. The van der Waals surface area contributed by atoms with Crippen molar-refractivity contribution in [3.8, 4) is 0 Å². The van der Waals surface area contributed by atoms with Crippen LogP contribution in [-0.4, -0.2) is 27.3 Å². The number of carbonyl (C=O) groups excluding carboxylic acids is 2. The summed E-state index contributed by atoms with van der Waals surface area (Å²) in [5.41, 5.74) is 1.75. The first-order valence-corrected chi connectivity index (χ1v) is 18.9. The van der Waals surface area contributed by atoms with Crippen LogP contribution in [0.3, 0.4) is 0 Å². The number of imidazole rings is 1. The molecule has 0 saturated carbocycles. The minimum absolute atomic E-state index is 0.0820. The molecule has 0 bridgehead atoms. The molecule has 4 nitrogen and oxygen atoms in total. The maximum absolute atomic E-state index is 13.2. The number of ketones is 2. The highest BCUT2D eigenvalue weighted by Gasteiger charge is 2.44. The van der Waals surface area contributed by atoms with Gasteiger partial charge in [0, 0.05) is 17.7 Å². The lowest BCUT2D eigenvalue weighted by atomic mass is 9.90. The van der Waals surface area contributed by atoms with Crippen LogP contribution in [0.4, 0.5) is 0 Å². The monoisotopic (exact) mass is 627 g/mol. The second kappa shape index (κ2) is 15.0. The van der Waals surface area contributed by atoms with E-state index in [4.69, 9.17) is 0 Å². The highest BCUT2D eigenvalue weighted by atomic mass is 31.2. The Balaban J connectivity index is 0.964. The van der Waals surface area contributed by atoms with Crippen molar-refractivity contribution < 1.29 is 9.59 Å². The first kappa shape index (κ1) is 31.8. The minimum Gasteiger partial charge on any atom is -0.325 e. The summed E-state index contributed by atoms with van der Waals surface area (Å²) in [6, 6.07) is 40.7. The van der Waals surface area contributed by atoms with E-state index in [9.17, 15) is 9.59 Å². The number of aromatic nitrogens is 2. The van der Waals surface area contributed by atoms with Crippen molar-refractivity contribution in [2.75, 3.05) is 6.16 Å². The van der Waals surface area contributed by atoms with E-state index in [0.717, 1.165) is 25.2 Å². The van der Waals surface area contributed by atoms with Crippen LogP contribution < -0.4 is 15.9 Å². The Hall–Kier alpha value is -4.14. The van der Waals surface area contributed by atoms with Gasteiger partial charge in [0.1, 0.15) is 40.4 Å². The number of carbonyl (C=O) groups is 2. The third kappa shape index (κ3) is 6.55. The highest BCUT2D eigenvalue weighted by molar-refractivity contribution is 7.95. The number of rotatable bonds is 15. The number of unbranched alkanes of at least 4 members (excludes halogenated alkanes) is 8. The summed E-state index contributed by atoms with van der Waals surface area (Å²) in [7, 11) is -1.73. The van der Waals surface area contributed by atoms with Gasteiger partial charge in [0.15, 0.2) is 0 Å². The molecule has 1 heterocycles. The van der Waals surface area contributed by atoms with Crippen molar-refractivity contribution in [1.82, 2.24) is 9.55 Å². The Bertz CT molecular complexity index is 1670. The van der Waals surface area contributed by atoms with Gasteiger partial charge >= 0.3 is 0 Å². The van der Waals surface area contributed by atoms with Gasteiger partial charge < -0.3 is 4.57 Å². The van der Waals surface area contributed by atoms with Gasteiger partial charge in [-0.2, -0.15) is 0 Å². The third-order valence-electron chi connectivity index (χ3n) is 9.47. The molecule has 0 atom stereocenters. The Labute approximate surface area is 274 Å². The van der Waals surface area contributed by atoms with Crippen LogP contribution in [0.5, 0.6) is 0 Å². The molecule has 1 aromatic heterocycles. The second-order valence-electron chi connectivity index (χ2n) is 12.4. The number of hydrogen-bond donors (Lipinski definition) is 0. The predicted octanol–water partition coefficient (Wildman–Crippen LogP) is 8.47. The highest BCUT2D eigenvalue weighted by Crippen LogP contribution is 2.56. The summed E-state index contributed by atoms with van der Waals surface area (Å²) < 4.78 is 1.97. The summed E-state index contributed by atoms with van der Waals surface area (Å²) >= 11 is 0. The smallest absolute Gasteiger partial charge is 0.214 e. The van der Waals surface area contributed by atoms with Gasteiger partial charge in [0.2, 0.25) is 11.6 Å². The van der Waals surface area contributed by atoms with Gasteiger partial charge in [-0.15, -0.1) is 0 Å². The molecule has 46 heavy (non-hydrogen) atoms. The van der Waals surface area contributed by atoms with E-state index in [-0.39, 0.29) is 11.6 Å². The van der Waals surface area contributed by atoms with E-state index in [1.54, 1.807) is 18.2 Å². The van der Waals surface area contributed by atoms with Crippen LogP contribution in [-0.2, 0) is 6.54 Å². The lowest BCUT2D eigenvalue weighted by Crippen LogP contribution is -2.33. The zero-order chi connectivity index (χ0) is 31.8. The maximum Gasteiger partial charge on any atom is 0.214 e. The van der Waals surface area contributed by atoms with E-state index in [1.807, 2.05) is 17.6 Å². The summed E-state index contributed by atoms with van der Waals surface area (Å²) in [6.07, 6.45) is 12.0. The molecular formula is C41H44N2O2P+. The maximum atomic E-state index is 13.2. The van der Waals surface area contributed by atoms with Gasteiger partial charge in [-0.25, -0.2) is 4.98 Å². The molecule has 5 heteroatoms. The number of nitrogens with zero attached hydrogens (tertiary/aromatic N) is 2. The van der Waals surface area contributed by atoms with Crippen molar-refractivity contribution in [3.63, 3.8) is 0 Å². The molecule has 0 fully saturated rings. The third-order valence-corrected chi connectivity index (χ3v) is 14.0. The van der Waals surface area contributed by atoms with E-state index >= 15 is 0 Å². The quantitative estimate of drug-likeness (QED) is 0.0848. The van der Waals surface area contributed by atoms with Gasteiger partial charge in [0.05, 0.1) is 6.16 Å². The number of fused-ring (bicyclic) bond motifs is 2. The topological polar surface area (TPSA) is 52.0 Å².